The average Bonchev–Trinajstić information content (AvgIpc) is 3.26. The summed E-state index contributed by atoms with van der Waals surface area (Å²) in [4.78, 5) is 48.3. The van der Waals surface area contributed by atoms with Gasteiger partial charge in [0.25, 0.3) is 11.8 Å². The van der Waals surface area contributed by atoms with Gasteiger partial charge in [0, 0.05) is 6.54 Å². The number of rotatable bonds is 7. The van der Waals surface area contributed by atoms with E-state index in [4.69, 9.17) is 4.98 Å². The van der Waals surface area contributed by atoms with Crippen LogP contribution in [-0.4, -0.2) is 66.2 Å². The average molecular weight is 451 g/mol. The van der Waals surface area contributed by atoms with Crippen LogP contribution in [0.2, 0.25) is 0 Å². The molecule has 3 amide bonds. The molecule has 0 spiro atoms. The van der Waals surface area contributed by atoms with Crippen LogP contribution in [0, 0.1) is 13.8 Å². The summed E-state index contributed by atoms with van der Waals surface area (Å²) >= 11 is 1.46. The van der Waals surface area contributed by atoms with E-state index >= 15 is 0 Å². The van der Waals surface area contributed by atoms with Gasteiger partial charge in [-0.05, 0) is 70.2 Å². The van der Waals surface area contributed by atoms with Gasteiger partial charge in [-0.15, -0.1) is 0 Å². The third-order valence-electron chi connectivity index (χ3n) is 5.51. The highest BCUT2D eigenvalue weighted by molar-refractivity contribution is 7.22. The lowest BCUT2D eigenvalue weighted by Gasteiger charge is -2.23. The van der Waals surface area contributed by atoms with Gasteiger partial charge in [-0.3, -0.25) is 24.2 Å². The third kappa shape index (κ3) is 4.16. The molecule has 1 aliphatic rings. The normalized spacial score (nSPS) is 13.3. The zero-order chi connectivity index (χ0) is 23.0. The van der Waals surface area contributed by atoms with E-state index in [-0.39, 0.29) is 12.5 Å². The maximum Gasteiger partial charge on any atom is 0.262 e. The molecule has 2 aromatic carbocycles. The van der Waals surface area contributed by atoms with Gasteiger partial charge in [0.15, 0.2) is 5.13 Å². The van der Waals surface area contributed by atoms with E-state index in [2.05, 4.69) is 17.0 Å². The molecular weight excluding hydrogens is 424 g/mol. The predicted molar refractivity (Wildman–Crippen MR) is 126 cm³/mol. The zero-order valence-electron chi connectivity index (χ0n) is 18.7. The van der Waals surface area contributed by atoms with Gasteiger partial charge in [0.2, 0.25) is 5.91 Å². The lowest BCUT2D eigenvalue weighted by molar-refractivity contribution is -0.119. The molecule has 0 unspecified atom stereocenters. The Balaban J connectivity index is 1.62. The van der Waals surface area contributed by atoms with Crippen molar-refractivity contribution in [2.75, 3.05) is 38.6 Å². The summed E-state index contributed by atoms with van der Waals surface area (Å²) in [5.74, 6) is -1.17. The highest BCUT2D eigenvalue weighted by atomic mass is 32.1. The monoisotopic (exact) mass is 450 g/mol. The Labute approximate surface area is 191 Å². The van der Waals surface area contributed by atoms with Crippen LogP contribution in [-0.2, 0) is 4.79 Å². The predicted octanol–water partition coefficient (Wildman–Crippen LogP) is 3.49. The van der Waals surface area contributed by atoms with Crippen molar-refractivity contribution in [1.82, 2.24) is 14.8 Å². The van der Waals surface area contributed by atoms with Gasteiger partial charge in [0.05, 0.1) is 21.3 Å². The van der Waals surface area contributed by atoms with Gasteiger partial charge >= 0.3 is 0 Å². The first-order chi connectivity index (χ1) is 15.3. The smallest absolute Gasteiger partial charge is 0.262 e. The fourth-order valence-corrected chi connectivity index (χ4v) is 5.13. The molecule has 1 aromatic heterocycles. The quantitative estimate of drug-likeness (QED) is 0.515. The summed E-state index contributed by atoms with van der Waals surface area (Å²) < 4.78 is 1.02. The topological polar surface area (TPSA) is 73.8 Å². The molecule has 7 nitrogen and oxygen atoms in total. The second kappa shape index (κ2) is 8.80. The fraction of sp³-hybridized carbons (Fsp3) is 0.333. The number of hydrogen-bond acceptors (Lipinski definition) is 6. The Morgan fingerprint density at radius 2 is 1.69 bits per heavy atom. The summed E-state index contributed by atoms with van der Waals surface area (Å²) in [6, 6.07) is 10.8. The first-order valence-electron chi connectivity index (χ1n) is 10.5. The number of thiazole rings is 1. The molecule has 3 aromatic rings. The largest absolute Gasteiger partial charge is 0.309 e. The molecule has 4 rings (SSSR count). The SMILES string of the molecule is Cc1cc(C)c2nc(N(CCCN(C)C)C(=O)CN3C(=O)c4ccccc4C3=O)sc2c1. The molecule has 166 valence electrons. The minimum Gasteiger partial charge on any atom is -0.309 e. The Morgan fingerprint density at radius 3 is 2.31 bits per heavy atom. The van der Waals surface area contributed by atoms with E-state index < -0.39 is 11.8 Å². The number of carbonyl (C=O) groups is 3. The lowest BCUT2D eigenvalue weighted by Crippen LogP contribution is -2.43. The molecular formula is C24H26N4O3S. The van der Waals surface area contributed by atoms with Gasteiger partial charge in [-0.25, -0.2) is 4.98 Å². The second-order valence-corrected chi connectivity index (χ2v) is 9.38. The van der Waals surface area contributed by atoms with Crippen molar-refractivity contribution in [3.05, 3.63) is 58.7 Å². The molecule has 1 aliphatic heterocycles. The molecule has 8 heteroatoms. The Hall–Kier alpha value is -3.10. The molecule has 0 bridgehead atoms. The van der Waals surface area contributed by atoms with Gasteiger partial charge < -0.3 is 4.90 Å². The van der Waals surface area contributed by atoms with E-state index in [1.54, 1.807) is 29.2 Å². The van der Waals surface area contributed by atoms with Crippen molar-refractivity contribution < 1.29 is 14.4 Å². The van der Waals surface area contributed by atoms with Crippen LogP contribution in [0.5, 0.6) is 0 Å². The number of amides is 3. The maximum absolute atomic E-state index is 13.4. The van der Waals surface area contributed by atoms with E-state index in [1.165, 1.54) is 11.3 Å². The van der Waals surface area contributed by atoms with Crippen LogP contribution >= 0.6 is 11.3 Å². The van der Waals surface area contributed by atoms with Gasteiger partial charge in [0.1, 0.15) is 6.54 Å². The highest BCUT2D eigenvalue weighted by Crippen LogP contribution is 2.32. The standard InChI is InChI=1S/C24H26N4O3S/c1-15-12-16(2)21-19(13-15)32-24(25-21)27(11-7-10-26(3)4)20(29)14-28-22(30)17-8-5-6-9-18(17)23(28)31/h5-6,8-9,12-13H,7,10-11,14H2,1-4H3. The Kier molecular flexibility index (Phi) is 6.08. The number of anilines is 1. The molecule has 0 saturated carbocycles. The van der Waals surface area contributed by atoms with Crippen LogP contribution in [0.15, 0.2) is 36.4 Å². The molecule has 0 aliphatic carbocycles. The van der Waals surface area contributed by atoms with Gasteiger partial charge in [-0.2, -0.15) is 0 Å². The first kappa shape index (κ1) is 22.1. The van der Waals surface area contributed by atoms with Crippen molar-refractivity contribution in [1.29, 1.82) is 0 Å². The van der Waals surface area contributed by atoms with Crippen molar-refractivity contribution >= 4 is 44.4 Å². The Bertz CT molecular complexity index is 1180. The van der Waals surface area contributed by atoms with E-state index in [1.807, 2.05) is 27.9 Å². The molecule has 32 heavy (non-hydrogen) atoms. The summed E-state index contributed by atoms with van der Waals surface area (Å²) in [7, 11) is 3.96. The van der Waals surface area contributed by atoms with E-state index in [0.717, 1.165) is 39.2 Å². The van der Waals surface area contributed by atoms with Crippen LogP contribution in [0.4, 0.5) is 5.13 Å². The molecule has 0 N–H and O–H groups in total. The summed E-state index contributed by atoms with van der Waals surface area (Å²) in [6.07, 6.45) is 0.745. The highest BCUT2D eigenvalue weighted by Gasteiger charge is 2.37. The number of aromatic nitrogens is 1. The lowest BCUT2D eigenvalue weighted by atomic mass is 10.1. The minimum atomic E-state index is -0.428. The Morgan fingerprint density at radius 1 is 1.03 bits per heavy atom. The fourth-order valence-electron chi connectivity index (χ4n) is 3.95. The number of carbonyl (C=O) groups excluding carboxylic acids is 3. The molecule has 0 fully saturated rings. The van der Waals surface area contributed by atoms with E-state index in [0.29, 0.717) is 22.8 Å². The number of hydrogen-bond donors (Lipinski definition) is 0. The van der Waals surface area contributed by atoms with Gasteiger partial charge in [-0.1, -0.05) is 29.5 Å². The summed E-state index contributed by atoms with van der Waals surface area (Å²) in [6.45, 7) is 5.00. The van der Waals surface area contributed by atoms with Crippen molar-refractivity contribution in [2.45, 2.75) is 20.3 Å². The summed E-state index contributed by atoms with van der Waals surface area (Å²) in [5.41, 5.74) is 3.76. The first-order valence-corrected chi connectivity index (χ1v) is 11.4. The van der Waals surface area contributed by atoms with E-state index in [9.17, 15) is 14.4 Å². The van der Waals surface area contributed by atoms with Crippen LogP contribution in [0.1, 0.15) is 38.3 Å². The molecule has 0 radical (unpaired) electrons. The number of nitrogens with zero attached hydrogens (tertiary/aromatic N) is 4. The van der Waals surface area contributed by atoms with Crippen LogP contribution in [0.25, 0.3) is 10.2 Å². The number of benzene rings is 2. The number of aryl methyl sites for hydroxylation is 2. The minimum absolute atomic E-state index is 0.303. The van der Waals surface area contributed by atoms with Crippen molar-refractivity contribution in [2.24, 2.45) is 0 Å². The zero-order valence-corrected chi connectivity index (χ0v) is 19.5. The summed E-state index contributed by atoms with van der Waals surface area (Å²) in [5, 5.41) is 0.592. The maximum atomic E-state index is 13.4. The van der Waals surface area contributed by atoms with Crippen molar-refractivity contribution in [3.8, 4) is 0 Å². The van der Waals surface area contributed by atoms with Crippen molar-refractivity contribution in [3.63, 3.8) is 0 Å². The molecule has 0 saturated heterocycles. The molecule has 0 atom stereocenters. The third-order valence-corrected chi connectivity index (χ3v) is 6.53. The molecule has 2 heterocycles. The van der Waals surface area contributed by atoms with Crippen LogP contribution in [0.3, 0.4) is 0 Å². The number of imide groups is 1. The number of fused-ring (bicyclic) bond motifs is 2. The van der Waals surface area contributed by atoms with Crippen LogP contribution < -0.4 is 4.90 Å². The second-order valence-electron chi connectivity index (χ2n) is 8.37.